The predicted molar refractivity (Wildman–Crippen MR) is 106 cm³/mol. The summed E-state index contributed by atoms with van der Waals surface area (Å²) >= 11 is 1.39. The Morgan fingerprint density at radius 1 is 1.22 bits per heavy atom. The van der Waals surface area contributed by atoms with Gasteiger partial charge >= 0.3 is 0 Å². The highest BCUT2D eigenvalue weighted by Gasteiger charge is 2.27. The summed E-state index contributed by atoms with van der Waals surface area (Å²) in [6.45, 7) is 7.27. The monoisotopic (exact) mass is 407 g/mol. The highest BCUT2D eigenvalue weighted by molar-refractivity contribution is 7.92. The summed E-state index contributed by atoms with van der Waals surface area (Å²) in [5, 5.41) is 7.97. The van der Waals surface area contributed by atoms with Crippen LogP contribution >= 0.6 is 11.3 Å². The molecule has 2 N–H and O–H groups in total. The van der Waals surface area contributed by atoms with Gasteiger partial charge in [-0.25, -0.2) is 4.98 Å². The number of anilines is 2. The van der Waals surface area contributed by atoms with E-state index in [1.165, 1.54) is 22.8 Å². The first kappa shape index (κ1) is 19.3. The van der Waals surface area contributed by atoms with Crippen molar-refractivity contribution in [1.82, 2.24) is 14.6 Å². The van der Waals surface area contributed by atoms with Crippen LogP contribution in [0.25, 0.3) is 4.96 Å². The summed E-state index contributed by atoms with van der Waals surface area (Å²) in [4.78, 5) is 16.1. The molecule has 144 valence electrons. The fraction of sp³-hybridized carbons (Fsp3) is 0.353. The van der Waals surface area contributed by atoms with Gasteiger partial charge in [0.1, 0.15) is 5.01 Å². The molecule has 0 spiro atoms. The molecule has 0 aliphatic carbocycles. The van der Waals surface area contributed by atoms with Crippen molar-refractivity contribution in [3.05, 3.63) is 35.0 Å². The summed E-state index contributed by atoms with van der Waals surface area (Å²) in [7, 11) is -3.88. The van der Waals surface area contributed by atoms with Gasteiger partial charge in [-0.05, 0) is 30.7 Å². The second-order valence-corrected chi connectivity index (χ2v) is 8.96. The van der Waals surface area contributed by atoms with Crippen molar-refractivity contribution >= 4 is 43.6 Å². The minimum Gasteiger partial charge on any atom is -0.326 e. The van der Waals surface area contributed by atoms with E-state index in [1.54, 1.807) is 24.3 Å². The van der Waals surface area contributed by atoms with Crippen LogP contribution in [0, 0.1) is 0 Å². The molecule has 0 saturated carbocycles. The van der Waals surface area contributed by atoms with Crippen molar-refractivity contribution in [2.45, 2.75) is 45.1 Å². The Bertz CT molecular complexity index is 1080. The van der Waals surface area contributed by atoms with Crippen LogP contribution in [-0.2, 0) is 21.2 Å². The lowest BCUT2D eigenvalue weighted by molar-refractivity contribution is -0.114. The number of nitrogens with zero attached hydrogens (tertiary/aromatic N) is 3. The molecule has 0 atom stereocenters. The van der Waals surface area contributed by atoms with Crippen LogP contribution < -0.4 is 10.0 Å². The number of imidazole rings is 1. The van der Waals surface area contributed by atoms with Crippen LogP contribution in [-0.4, -0.2) is 28.9 Å². The number of benzene rings is 1. The van der Waals surface area contributed by atoms with E-state index >= 15 is 0 Å². The molecule has 3 aromatic rings. The normalized spacial score (nSPS) is 11.9. The van der Waals surface area contributed by atoms with Gasteiger partial charge in [0, 0.05) is 24.2 Å². The number of rotatable bonds is 6. The number of sulfonamides is 1. The number of carbonyl (C=O) groups excluding carboxylic acids is 1. The lowest BCUT2D eigenvalue weighted by Crippen LogP contribution is -2.17. The van der Waals surface area contributed by atoms with E-state index in [0.29, 0.717) is 28.5 Å². The Morgan fingerprint density at radius 2 is 1.85 bits per heavy atom. The van der Waals surface area contributed by atoms with Gasteiger partial charge in [-0.15, -0.1) is 0 Å². The van der Waals surface area contributed by atoms with Crippen LogP contribution in [0.5, 0.6) is 0 Å². The Kier molecular flexibility index (Phi) is 5.20. The lowest BCUT2D eigenvalue weighted by atomic mass is 10.2. The minimum atomic E-state index is -3.88. The molecule has 0 unspecified atom stereocenters. The Hall–Kier alpha value is -2.46. The van der Waals surface area contributed by atoms with E-state index < -0.39 is 10.0 Å². The number of fused-ring (bicyclic) bond motifs is 1. The Labute approximate surface area is 161 Å². The number of hydrogen-bond acceptors (Lipinski definition) is 6. The van der Waals surface area contributed by atoms with E-state index in [0.717, 1.165) is 5.01 Å². The summed E-state index contributed by atoms with van der Waals surface area (Å²) in [5.41, 5.74) is 1.46. The topological polar surface area (TPSA) is 105 Å². The third-order valence-corrected chi connectivity index (χ3v) is 6.42. The van der Waals surface area contributed by atoms with E-state index in [4.69, 9.17) is 0 Å². The van der Waals surface area contributed by atoms with Crippen molar-refractivity contribution in [3.63, 3.8) is 0 Å². The molecule has 1 amide bonds. The second-order valence-electron chi connectivity index (χ2n) is 6.37. The molecule has 8 nitrogen and oxygen atoms in total. The molecule has 2 aromatic heterocycles. The zero-order chi connectivity index (χ0) is 19.8. The van der Waals surface area contributed by atoms with Crippen molar-refractivity contribution in [3.8, 4) is 0 Å². The first-order valence-electron chi connectivity index (χ1n) is 8.50. The number of carbonyl (C=O) groups is 1. The molecule has 2 heterocycles. The molecule has 27 heavy (non-hydrogen) atoms. The van der Waals surface area contributed by atoms with Crippen molar-refractivity contribution in [1.29, 1.82) is 0 Å². The maximum atomic E-state index is 13.0. The third-order valence-electron chi connectivity index (χ3n) is 3.79. The molecule has 0 aliphatic heterocycles. The Balaban J connectivity index is 1.97. The number of amides is 1. The van der Waals surface area contributed by atoms with Gasteiger partial charge in [0.15, 0.2) is 0 Å². The fourth-order valence-corrected chi connectivity index (χ4v) is 4.92. The van der Waals surface area contributed by atoms with E-state index in [9.17, 15) is 13.2 Å². The average Bonchev–Trinajstić information content (AvgIpc) is 3.13. The maximum Gasteiger partial charge on any atom is 0.281 e. The van der Waals surface area contributed by atoms with E-state index in [1.807, 2.05) is 20.8 Å². The zero-order valence-electron chi connectivity index (χ0n) is 15.5. The first-order chi connectivity index (χ1) is 12.7. The molecule has 0 aliphatic rings. The molecule has 1 aromatic carbocycles. The summed E-state index contributed by atoms with van der Waals surface area (Å²) < 4.78 is 30.0. The van der Waals surface area contributed by atoms with Gasteiger partial charge in [-0.1, -0.05) is 32.1 Å². The standard InChI is InChI=1S/C17H21N5O3S2/c1-5-14-16(22-17(19-14)26-15(20-22)10(2)3)27(24,25)21-13-8-6-12(7-9-13)18-11(4)23/h6-10,21H,5H2,1-4H3,(H,18,23). The zero-order valence-corrected chi connectivity index (χ0v) is 17.1. The van der Waals surface area contributed by atoms with Gasteiger partial charge in [-0.3, -0.25) is 9.52 Å². The highest BCUT2D eigenvalue weighted by atomic mass is 32.2. The van der Waals surface area contributed by atoms with Crippen molar-refractivity contribution in [2.24, 2.45) is 0 Å². The molecule has 10 heteroatoms. The summed E-state index contributed by atoms with van der Waals surface area (Å²) in [6.07, 6.45) is 0.477. The number of aromatic nitrogens is 3. The van der Waals surface area contributed by atoms with E-state index in [2.05, 4.69) is 20.1 Å². The van der Waals surface area contributed by atoms with Crippen molar-refractivity contribution in [2.75, 3.05) is 10.0 Å². The van der Waals surface area contributed by atoms with Gasteiger partial charge < -0.3 is 5.32 Å². The molecular weight excluding hydrogens is 386 g/mol. The quantitative estimate of drug-likeness (QED) is 0.653. The molecule has 3 rings (SSSR count). The van der Waals surface area contributed by atoms with Gasteiger partial charge in [0.25, 0.3) is 10.0 Å². The van der Waals surface area contributed by atoms with Crippen LogP contribution in [0.1, 0.15) is 44.3 Å². The lowest BCUT2D eigenvalue weighted by Gasteiger charge is -2.09. The number of nitrogens with one attached hydrogen (secondary N) is 2. The van der Waals surface area contributed by atoms with Crippen LogP contribution in [0.3, 0.4) is 0 Å². The van der Waals surface area contributed by atoms with E-state index in [-0.39, 0.29) is 16.9 Å². The largest absolute Gasteiger partial charge is 0.326 e. The molecule has 0 bridgehead atoms. The van der Waals surface area contributed by atoms with Gasteiger partial charge in [-0.2, -0.15) is 18.0 Å². The highest BCUT2D eigenvalue weighted by Crippen LogP contribution is 2.28. The number of aryl methyl sites for hydroxylation is 1. The average molecular weight is 408 g/mol. The summed E-state index contributed by atoms with van der Waals surface area (Å²) in [5.74, 6) is -0.00586. The number of hydrogen-bond donors (Lipinski definition) is 2. The third kappa shape index (κ3) is 3.96. The smallest absolute Gasteiger partial charge is 0.281 e. The first-order valence-corrected chi connectivity index (χ1v) is 10.8. The molecule has 0 saturated heterocycles. The molecule has 0 fully saturated rings. The van der Waals surface area contributed by atoms with Crippen molar-refractivity contribution < 1.29 is 13.2 Å². The Morgan fingerprint density at radius 3 is 2.41 bits per heavy atom. The molecular formula is C17H21N5O3S2. The van der Waals surface area contributed by atoms with Gasteiger partial charge in [0.2, 0.25) is 15.9 Å². The molecule has 0 radical (unpaired) electrons. The van der Waals surface area contributed by atoms with Gasteiger partial charge in [0.05, 0.1) is 5.69 Å². The minimum absolute atomic E-state index is 0.0640. The van der Waals surface area contributed by atoms with Crippen LogP contribution in [0.4, 0.5) is 11.4 Å². The summed E-state index contributed by atoms with van der Waals surface area (Å²) in [6, 6.07) is 6.44. The maximum absolute atomic E-state index is 13.0. The van der Waals surface area contributed by atoms with Crippen LogP contribution in [0.15, 0.2) is 29.3 Å². The fourth-order valence-electron chi connectivity index (χ4n) is 2.55. The SMILES string of the molecule is CCc1nc2sc(C(C)C)nn2c1S(=O)(=O)Nc1ccc(NC(C)=O)cc1. The van der Waals surface area contributed by atoms with Crippen LogP contribution in [0.2, 0.25) is 0 Å². The second kappa shape index (κ2) is 7.28. The predicted octanol–water partition coefficient (Wildman–Crippen LogP) is 3.24.